The fourth-order valence-corrected chi connectivity index (χ4v) is 2.16. The van der Waals surface area contributed by atoms with Crippen molar-refractivity contribution in [3.05, 3.63) is 64.4 Å². The molecule has 0 heterocycles. The standard InChI is InChI=1S/C16H15ClFNO2/c1-10(20)16-13(18)3-2-4-14(16)19-9-15(21)11-5-7-12(17)8-6-11/h2-8,15,19,21H,9H2,1H3. The van der Waals surface area contributed by atoms with Crippen molar-refractivity contribution >= 4 is 23.1 Å². The van der Waals surface area contributed by atoms with Crippen LogP contribution >= 0.6 is 11.6 Å². The molecule has 0 bridgehead atoms. The molecule has 3 nitrogen and oxygen atoms in total. The van der Waals surface area contributed by atoms with E-state index in [2.05, 4.69) is 5.32 Å². The SMILES string of the molecule is CC(=O)c1c(F)cccc1NCC(O)c1ccc(Cl)cc1. The van der Waals surface area contributed by atoms with Crippen LogP contribution in [0.4, 0.5) is 10.1 Å². The van der Waals surface area contributed by atoms with Crippen molar-refractivity contribution < 1.29 is 14.3 Å². The van der Waals surface area contributed by atoms with E-state index in [0.717, 1.165) is 0 Å². The summed E-state index contributed by atoms with van der Waals surface area (Å²) >= 11 is 5.79. The van der Waals surface area contributed by atoms with Crippen molar-refractivity contribution in [1.82, 2.24) is 0 Å². The highest BCUT2D eigenvalue weighted by Gasteiger charge is 2.14. The maximum absolute atomic E-state index is 13.7. The second kappa shape index (κ2) is 6.70. The Morgan fingerprint density at radius 2 is 1.95 bits per heavy atom. The number of hydrogen-bond acceptors (Lipinski definition) is 3. The number of hydrogen-bond donors (Lipinski definition) is 2. The zero-order valence-electron chi connectivity index (χ0n) is 11.4. The Labute approximate surface area is 127 Å². The number of nitrogens with one attached hydrogen (secondary N) is 1. The Morgan fingerprint density at radius 1 is 1.29 bits per heavy atom. The molecular weight excluding hydrogens is 293 g/mol. The summed E-state index contributed by atoms with van der Waals surface area (Å²) in [5.74, 6) is -0.940. The van der Waals surface area contributed by atoms with Crippen LogP contribution < -0.4 is 5.32 Å². The summed E-state index contributed by atoms with van der Waals surface area (Å²) in [4.78, 5) is 11.5. The van der Waals surface area contributed by atoms with Gasteiger partial charge in [-0.2, -0.15) is 0 Å². The molecule has 0 aromatic heterocycles. The summed E-state index contributed by atoms with van der Waals surface area (Å²) in [6.07, 6.45) is -0.787. The highest BCUT2D eigenvalue weighted by Crippen LogP contribution is 2.22. The van der Waals surface area contributed by atoms with Gasteiger partial charge in [-0.15, -0.1) is 0 Å². The molecule has 2 aromatic carbocycles. The van der Waals surface area contributed by atoms with Crippen LogP contribution in [0.15, 0.2) is 42.5 Å². The lowest BCUT2D eigenvalue weighted by molar-refractivity contribution is 0.101. The average molecular weight is 308 g/mol. The molecule has 0 aliphatic carbocycles. The molecule has 1 atom stereocenters. The van der Waals surface area contributed by atoms with Crippen molar-refractivity contribution in [2.45, 2.75) is 13.0 Å². The minimum atomic E-state index is -0.787. The molecule has 0 saturated carbocycles. The summed E-state index contributed by atoms with van der Waals surface area (Å²) in [5, 5.41) is 13.6. The minimum absolute atomic E-state index is 0.000746. The quantitative estimate of drug-likeness (QED) is 0.825. The molecule has 1 unspecified atom stereocenters. The molecule has 110 valence electrons. The number of halogens is 2. The number of benzene rings is 2. The number of anilines is 1. The molecule has 0 amide bonds. The van der Waals surface area contributed by atoms with E-state index < -0.39 is 11.9 Å². The van der Waals surface area contributed by atoms with Crippen LogP contribution in [0.5, 0.6) is 0 Å². The van der Waals surface area contributed by atoms with E-state index in [0.29, 0.717) is 16.3 Å². The monoisotopic (exact) mass is 307 g/mol. The Morgan fingerprint density at radius 3 is 2.57 bits per heavy atom. The third kappa shape index (κ3) is 3.80. The van der Waals surface area contributed by atoms with Gasteiger partial charge in [-0.3, -0.25) is 4.79 Å². The molecule has 21 heavy (non-hydrogen) atoms. The smallest absolute Gasteiger partial charge is 0.164 e. The first-order valence-corrected chi connectivity index (χ1v) is 6.83. The van der Waals surface area contributed by atoms with E-state index in [1.54, 1.807) is 30.3 Å². The molecule has 0 aliphatic rings. The Balaban J connectivity index is 2.11. The summed E-state index contributed by atoms with van der Waals surface area (Å²) in [6.45, 7) is 1.46. The van der Waals surface area contributed by atoms with Crippen molar-refractivity contribution in [3.63, 3.8) is 0 Å². The van der Waals surface area contributed by atoms with Gasteiger partial charge in [-0.05, 0) is 36.8 Å². The van der Waals surface area contributed by atoms with Gasteiger partial charge in [0.15, 0.2) is 5.78 Å². The van der Waals surface area contributed by atoms with E-state index in [4.69, 9.17) is 11.6 Å². The Kier molecular flexibility index (Phi) is 4.94. The van der Waals surface area contributed by atoms with Gasteiger partial charge in [0.2, 0.25) is 0 Å². The number of carbonyl (C=O) groups excluding carboxylic acids is 1. The van der Waals surface area contributed by atoms with Gasteiger partial charge in [0.05, 0.1) is 11.7 Å². The minimum Gasteiger partial charge on any atom is -0.387 e. The molecule has 0 saturated heterocycles. The van der Waals surface area contributed by atoms with E-state index in [9.17, 15) is 14.3 Å². The normalized spacial score (nSPS) is 12.0. The summed E-state index contributed by atoms with van der Waals surface area (Å²) in [7, 11) is 0. The lowest BCUT2D eigenvalue weighted by Gasteiger charge is -2.15. The predicted molar refractivity (Wildman–Crippen MR) is 81.3 cm³/mol. The highest BCUT2D eigenvalue weighted by atomic mass is 35.5. The lowest BCUT2D eigenvalue weighted by atomic mass is 10.1. The van der Waals surface area contributed by atoms with Gasteiger partial charge < -0.3 is 10.4 Å². The molecule has 2 rings (SSSR count). The molecule has 0 radical (unpaired) electrons. The fourth-order valence-electron chi connectivity index (χ4n) is 2.04. The summed E-state index contributed by atoms with van der Waals surface area (Å²) in [5.41, 5.74) is 1.06. The van der Waals surface area contributed by atoms with Crippen molar-refractivity contribution in [1.29, 1.82) is 0 Å². The highest BCUT2D eigenvalue weighted by molar-refractivity contribution is 6.30. The first kappa shape index (κ1) is 15.5. The Hall–Kier alpha value is -1.91. The van der Waals surface area contributed by atoms with Gasteiger partial charge in [0.25, 0.3) is 0 Å². The molecule has 5 heteroatoms. The largest absolute Gasteiger partial charge is 0.387 e. The van der Waals surface area contributed by atoms with Crippen molar-refractivity contribution in [2.75, 3.05) is 11.9 Å². The predicted octanol–water partition coefficient (Wildman–Crippen LogP) is 3.83. The van der Waals surface area contributed by atoms with Crippen molar-refractivity contribution in [3.8, 4) is 0 Å². The molecular formula is C16H15ClFNO2. The topological polar surface area (TPSA) is 49.3 Å². The van der Waals surface area contributed by atoms with Crippen LogP contribution in [-0.4, -0.2) is 17.4 Å². The third-order valence-electron chi connectivity index (χ3n) is 3.11. The van der Waals surface area contributed by atoms with E-state index in [1.165, 1.54) is 19.1 Å². The molecule has 0 spiro atoms. The van der Waals surface area contributed by atoms with Crippen LogP contribution in [-0.2, 0) is 0 Å². The number of ketones is 1. The zero-order valence-corrected chi connectivity index (χ0v) is 12.2. The van der Waals surface area contributed by atoms with E-state index >= 15 is 0 Å². The Bertz CT molecular complexity index is 643. The first-order chi connectivity index (χ1) is 9.99. The van der Waals surface area contributed by atoms with Crippen molar-refractivity contribution in [2.24, 2.45) is 0 Å². The zero-order chi connectivity index (χ0) is 15.4. The molecule has 2 aromatic rings. The van der Waals surface area contributed by atoms with Crippen LogP contribution in [0.2, 0.25) is 5.02 Å². The maximum Gasteiger partial charge on any atom is 0.164 e. The van der Waals surface area contributed by atoms with Gasteiger partial charge in [-0.25, -0.2) is 4.39 Å². The number of Topliss-reactive ketones (excluding diaryl/α,β-unsaturated/α-hetero) is 1. The third-order valence-corrected chi connectivity index (χ3v) is 3.36. The number of carbonyl (C=O) groups is 1. The van der Waals surface area contributed by atoms with E-state index in [1.807, 2.05) is 0 Å². The van der Waals surface area contributed by atoms with E-state index in [-0.39, 0.29) is 17.9 Å². The molecule has 0 aliphatic heterocycles. The van der Waals surface area contributed by atoms with Crippen LogP contribution in [0.1, 0.15) is 28.9 Å². The summed E-state index contributed by atoms with van der Waals surface area (Å²) in [6, 6.07) is 11.1. The van der Waals surface area contributed by atoms with Gasteiger partial charge in [0.1, 0.15) is 5.82 Å². The summed E-state index contributed by atoms with van der Waals surface area (Å²) < 4.78 is 13.7. The number of aliphatic hydroxyl groups excluding tert-OH is 1. The first-order valence-electron chi connectivity index (χ1n) is 6.46. The second-order valence-corrected chi connectivity index (χ2v) is 5.10. The maximum atomic E-state index is 13.7. The average Bonchev–Trinajstić information content (AvgIpc) is 2.45. The van der Waals surface area contributed by atoms with Crippen LogP contribution in [0, 0.1) is 5.82 Å². The molecule has 2 N–H and O–H groups in total. The lowest BCUT2D eigenvalue weighted by Crippen LogP contribution is -2.14. The number of aliphatic hydroxyl groups is 1. The molecule has 0 fully saturated rings. The fraction of sp³-hybridized carbons (Fsp3) is 0.188. The second-order valence-electron chi connectivity index (χ2n) is 4.67. The number of rotatable bonds is 5. The van der Waals surface area contributed by atoms with Crippen LogP contribution in [0.3, 0.4) is 0 Å². The van der Waals surface area contributed by atoms with Gasteiger partial charge >= 0.3 is 0 Å². The van der Waals surface area contributed by atoms with Gasteiger partial charge in [-0.1, -0.05) is 29.8 Å². The van der Waals surface area contributed by atoms with Crippen LogP contribution in [0.25, 0.3) is 0 Å². The van der Waals surface area contributed by atoms with Gasteiger partial charge in [0, 0.05) is 17.3 Å².